The lowest BCUT2D eigenvalue weighted by molar-refractivity contribution is -0.697. The van der Waals surface area contributed by atoms with Gasteiger partial charge in [-0.05, 0) is 73.5 Å². The molecule has 0 spiro atoms. The molecule has 5 rings (SSSR count). The van der Waals surface area contributed by atoms with Crippen LogP contribution in [0.2, 0.25) is 0 Å². The van der Waals surface area contributed by atoms with Gasteiger partial charge in [-0.15, -0.1) is 0 Å². The molecular formula is C40H47BrN3O2+. The Labute approximate surface area is 283 Å². The van der Waals surface area contributed by atoms with Gasteiger partial charge in [0.2, 0.25) is 0 Å². The lowest BCUT2D eigenvalue weighted by atomic mass is 10.0. The summed E-state index contributed by atoms with van der Waals surface area (Å²) in [5.74, 6) is 2.55. The highest BCUT2D eigenvalue weighted by molar-refractivity contribution is 9.09. The predicted octanol–water partition coefficient (Wildman–Crippen LogP) is 10.5. The number of halogens is 1. The molecule has 5 nitrogen and oxygen atoms in total. The SMILES string of the molecule is COc1ccc(-c2nc(-c3cc[n+](CCCCCCCCCCCCBr)cc3)n(-c3ccccc3)c2-c2ccc(OC)cc2)cc1. The minimum absolute atomic E-state index is 0.821. The Morgan fingerprint density at radius 2 is 1.11 bits per heavy atom. The first-order chi connectivity index (χ1) is 22.7. The molecule has 0 bridgehead atoms. The first-order valence-corrected chi connectivity index (χ1v) is 17.9. The summed E-state index contributed by atoms with van der Waals surface area (Å²) in [6, 6.07) is 31.3. The van der Waals surface area contributed by atoms with E-state index < -0.39 is 0 Å². The van der Waals surface area contributed by atoms with E-state index in [0.29, 0.717) is 0 Å². The maximum Gasteiger partial charge on any atom is 0.169 e. The third-order valence-electron chi connectivity index (χ3n) is 8.57. The quantitative estimate of drug-likeness (QED) is 0.0525. The second-order valence-corrected chi connectivity index (χ2v) is 12.6. The maximum atomic E-state index is 5.48. The van der Waals surface area contributed by atoms with E-state index in [1.165, 1.54) is 64.2 Å². The van der Waals surface area contributed by atoms with E-state index in [9.17, 15) is 0 Å². The molecule has 0 atom stereocenters. The van der Waals surface area contributed by atoms with Crippen molar-refractivity contribution >= 4 is 15.9 Å². The first kappa shape index (κ1) is 33.5. The molecule has 0 amide bonds. The monoisotopic (exact) mass is 680 g/mol. The summed E-state index contributed by atoms with van der Waals surface area (Å²) in [5.41, 5.74) is 6.18. The second kappa shape index (κ2) is 17.7. The molecule has 2 aromatic heterocycles. The van der Waals surface area contributed by atoms with Crippen LogP contribution in [-0.4, -0.2) is 29.1 Å². The molecule has 0 aliphatic heterocycles. The Hall–Kier alpha value is -3.90. The minimum atomic E-state index is 0.821. The molecule has 2 heterocycles. The topological polar surface area (TPSA) is 40.2 Å². The molecule has 0 unspecified atom stereocenters. The average molecular weight is 682 g/mol. The van der Waals surface area contributed by atoms with Crippen LogP contribution in [-0.2, 0) is 6.54 Å². The van der Waals surface area contributed by atoms with Gasteiger partial charge >= 0.3 is 0 Å². The van der Waals surface area contributed by atoms with E-state index in [-0.39, 0.29) is 0 Å². The van der Waals surface area contributed by atoms with Gasteiger partial charge in [-0.1, -0.05) is 79.1 Å². The molecular weight excluding hydrogens is 634 g/mol. The third kappa shape index (κ3) is 8.88. The Kier molecular flexibility index (Phi) is 12.9. The highest BCUT2D eigenvalue weighted by atomic mass is 79.9. The van der Waals surface area contributed by atoms with Crippen LogP contribution in [0.3, 0.4) is 0 Å². The number of methoxy groups -OCH3 is 2. The van der Waals surface area contributed by atoms with E-state index in [4.69, 9.17) is 14.5 Å². The molecule has 0 fully saturated rings. The summed E-state index contributed by atoms with van der Waals surface area (Å²) < 4.78 is 15.5. The van der Waals surface area contributed by atoms with Crippen molar-refractivity contribution < 1.29 is 14.0 Å². The third-order valence-corrected chi connectivity index (χ3v) is 9.13. The summed E-state index contributed by atoms with van der Waals surface area (Å²) in [4.78, 5) is 5.34. The van der Waals surface area contributed by atoms with Gasteiger partial charge < -0.3 is 9.47 Å². The Morgan fingerprint density at radius 3 is 1.65 bits per heavy atom. The molecule has 0 N–H and O–H groups in total. The number of rotatable bonds is 18. The second-order valence-electron chi connectivity index (χ2n) is 11.8. The van der Waals surface area contributed by atoms with Gasteiger partial charge in [0.05, 0.1) is 25.6 Å². The number of unbranched alkanes of at least 4 members (excludes halogenated alkanes) is 9. The van der Waals surface area contributed by atoms with Crippen molar-refractivity contribution in [3.05, 3.63) is 103 Å². The highest BCUT2D eigenvalue weighted by Gasteiger charge is 2.23. The van der Waals surface area contributed by atoms with E-state index in [0.717, 1.165) is 63.0 Å². The van der Waals surface area contributed by atoms with Crippen molar-refractivity contribution in [2.75, 3.05) is 19.5 Å². The number of hydrogen-bond acceptors (Lipinski definition) is 3. The zero-order chi connectivity index (χ0) is 32.0. The van der Waals surface area contributed by atoms with E-state index in [1.54, 1.807) is 14.2 Å². The van der Waals surface area contributed by atoms with E-state index in [1.807, 2.05) is 24.3 Å². The summed E-state index contributed by atoms with van der Waals surface area (Å²) in [7, 11) is 3.39. The summed E-state index contributed by atoms with van der Waals surface area (Å²) in [6.45, 7) is 1.04. The molecule has 0 aliphatic carbocycles. The standard InChI is InChI=1S/C40H47BrN3O2/c1-45-36-22-18-32(19-23-36)38-39(33-20-24-37(46-2)25-21-33)44(35-16-12-11-13-17-35)40(42-38)34-26-30-43(31-27-34)29-15-10-8-6-4-3-5-7-9-14-28-41/h11-13,16-27,30-31H,3-10,14-15,28-29H2,1-2H3/q+1. The van der Waals surface area contributed by atoms with Crippen LogP contribution in [0, 0.1) is 0 Å². The molecule has 46 heavy (non-hydrogen) atoms. The Balaban J connectivity index is 1.37. The van der Waals surface area contributed by atoms with E-state index >= 15 is 0 Å². The fraction of sp³-hybridized carbons (Fsp3) is 0.350. The number of pyridine rings is 1. The van der Waals surface area contributed by atoms with Gasteiger partial charge in [-0.25, -0.2) is 9.55 Å². The van der Waals surface area contributed by atoms with Crippen LogP contribution >= 0.6 is 15.9 Å². The van der Waals surface area contributed by atoms with Gasteiger partial charge in [0.25, 0.3) is 0 Å². The van der Waals surface area contributed by atoms with Gasteiger partial charge in [0.15, 0.2) is 12.4 Å². The number of ether oxygens (including phenoxy) is 2. The fourth-order valence-electron chi connectivity index (χ4n) is 5.97. The summed E-state index contributed by atoms with van der Waals surface area (Å²) in [6.07, 6.45) is 17.8. The van der Waals surface area contributed by atoms with Gasteiger partial charge in [0, 0.05) is 46.3 Å². The van der Waals surface area contributed by atoms with Gasteiger partial charge in [0.1, 0.15) is 23.9 Å². The number of aryl methyl sites for hydroxylation is 1. The lowest BCUT2D eigenvalue weighted by Gasteiger charge is -2.14. The number of nitrogens with zero attached hydrogens (tertiary/aromatic N) is 3. The zero-order valence-corrected chi connectivity index (χ0v) is 28.9. The molecule has 0 aliphatic rings. The van der Waals surface area contributed by atoms with Gasteiger partial charge in [-0.3, -0.25) is 4.57 Å². The van der Waals surface area contributed by atoms with Crippen molar-refractivity contribution in [1.82, 2.24) is 9.55 Å². The number of imidazole rings is 1. The summed E-state index contributed by atoms with van der Waals surface area (Å²) in [5, 5.41) is 1.14. The van der Waals surface area contributed by atoms with Crippen LogP contribution in [0.15, 0.2) is 103 Å². The van der Waals surface area contributed by atoms with Crippen molar-refractivity contribution in [3.8, 4) is 51.1 Å². The van der Waals surface area contributed by atoms with Gasteiger partial charge in [-0.2, -0.15) is 0 Å². The van der Waals surface area contributed by atoms with Crippen molar-refractivity contribution in [2.24, 2.45) is 0 Å². The molecule has 3 aromatic carbocycles. The van der Waals surface area contributed by atoms with Crippen LogP contribution < -0.4 is 14.0 Å². The number of alkyl halides is 1. The molecule has 240 valence electrons. The number of para-hydroxylation sites is 1. The maximum absolute atomic E-state index is 5.48. The number of hydrogen-bond donors (Lipinski definition) is 0. The summed E-state index contributed by atoms with van der Waals surface area (Å²) >= 11 is 3.52. The van der Waals surface area contributed by atoms with Crippen LogP contribution in [0.4, 0.5) is 0 Å². The predicted molar refractivity (Wildman–Crippen MR) is 193 cm³/mol. The largest absolute Gasteiger partial charge is 0.497 e. The van der Waals surface area contributed by atoms with Crippen LogP contribution in [0.5, 0.6) is 11.5 Å². The normalized spacial score (nSPS) is 11.1. The van der Waals surface area contributed by atoms with Crippen molar-refractivity contribution in [2.45, 2.75) is 70.8 Å². The molecule has 6 heteroatoms. The lowest BCUT2D eigenvalue weighted by Crippen LogP contribution is -2.32. The van der Waals surface area contributed by atoms with Crippen molar-refractivity contribution in [1.29, 1.82) is 0 Å². The van der Waals surface area contributed by atoms with Crippen LogP contribution in [0.1, 0.15) is 64.2 Å². The Morgan fingerprint density at radius 1 is 0.587 bits per heavy atom. The average Bonchev–Trinajstić information content (AvgIpc) is 3.52. The zero-order valence-electron chi connectivity index (χ0n) is 27.3. The van der Waals surface area contributed by atoms with Crippen molar-refractivity contribution in [3.63, 3.8) is 0 Å². The Bertz CT molecular complexity index is 1600. The molecule has 0 saturated carbocycles. The van der Waals surface area contributed by atoms with Crippen LogP contribution in [0.25, 0.3) is 39.6 Å². The number of aromatic nitrogens is 3. The molecule has 0 saturated heterocycles. The molecule has 5 aromatic rings. The minimum Gasteiger partial charge on any atom is -0.497 e. The first-order valence-electron chi connectivity index (χ1n) is 16.7. The smallest absolute Gasteiger partial charge is 0.169 e. The van der Waals surface area contributed by atoms with E-state index in [2.05, 4.69) is 104 Å². The molecule has 0 radical (unpaired) electrons. The highest BCUT2D eigenvalue weighted by Crippen LogP contribution is 2.39. The number of benzene rings is 3. The fourth-order valence-corrected chi connectivity index (χ4v) is 6.36.